The monoisotopic (exact) mass is 383 g/mol. The van der Waals surface area contributed by atoms with Gasteiger partial charge in [0.05, 0.1) is 24.6 Å². The van der Waals surface area contributed by atoms with Crippen LogP contribution < -0.4 is 10.6 Å². The Morgan fingerprint density at radius 2 is 1.85 bits per heavy atom. The van der Waals surface area contributed by atoms with Crippen LogP contribution in [0.25, 0.3) is 0 Å². The average molecular weight is 384 g/mol. The van der Waals surface area contributed by atoms with Gasteiger partial charge in [-0.3, -0.25) is 4.90 Å². The van der Waals surface area contributed by atoms with Crippen LogP contribution >= 0.6 is 11.8 Å². The van der Waals surface area contributed by atoms with Crippen molar-refractivity contribution in [2.24, 2.45) is 5.73 Å². The molecule has 2 fully saturated rings. The summed E-state index contributed by atoms with van der Waals surface area (Å²) in [6.07, 6.45) is 0. The maximum Gasteiger partial charge on any atom is 0.0737 e. The van der Waals surface area contributed by atoms with E-state index in [1.165, 1.54) is 22.4 Å². The molecular weight excluding hydrogens is 354 g/mol. The molecule has 0 bridgehead atoms. The number of morpholine rings is 1. The topological polar surface area (TPSA) is 41.7 Å². The van der Waals surface area contributed by atoms with Crippen LogP contribution in [0.1, 0.15) is 22.7 Å². The molecule has 4 nitrogen and oxygen atoms in total. The van der Waals surface area contributed by atoms with Gasteiger partial charge in [0, 0.05) is 37.6 Å². The van der Waals surface area contributed by atoms with Crippen LogP contribution in [0.5, 0.6) is 0 Å². The molecule has 0 aliphatic carbocycles. The van der Waals surface area contributed by atoms with E-state index in [1.54, 1.807) is 0 Å². The van der Waals surface area contributed by atoms with Gasteiger partial charge in [-0.25, -0.2) is 0 Å². The van der Waals surface area contributed by atoms with Gasteiger partial charge in [0.15, 0.2) is 0 Å². The molecule has 4 rings (SSSR count). The molecule has 27 heavy (non-hydrogen) atoms. The first kappa shape index (κ1) is 18.8. The molecule has 144 valence electrons. The molecule has 2 unspecified atom stereocenters. The number of aryl methyl sites for hydroxylation is 1. The Bertz CT molecular complexity index is 748. The molecule has 2 aromatic rings. The predicted octanol–water partition coefficient (Wildman–Crippen LogP) is 3.25. The van der Waals surface area contributed by atoms with E-state index in [0.717, 1.165) is 45.1 Å². The zero-order valence-corrected chi connectivity index (χ0v) is 16.8. The lowest BCUT2D eigenvalue weighted by Gasteiger charge is -2.42. The van der Waals surface area contributed by atoms with Gasteiger partial charge in [-0.15, -0.1) is 11.8 Å². The molecular formula is C22H29N3OS. The first-order chi connectivity index (χ1) is 13.2. The summed E-state index contributed by atoms with van der Waals surface area (Å²) < 4.78 is 5.54. The Balaban J connectivity index is 1.59. The van der Waals surface area contributed by atoms with Crippen LogP contribution in [0, 0.1) is 6.92 Å². The molecule has 2 aliphatic rings. The van der Waals surface area contributed by atoms with Gasteiger partial charge in [-0.05, 0) is 29.7 Å². The average Bonchev–Trinajstić information content (AvgIpc) is 2.74. The molecule has 0 aromatic heterocycles. The number of benzene rings is 2. The molecule has 2 aromatic carbocycles. The summed E-state index contributed by atoms with van der Waals surface area (Å²) in [5, 5.41) is 0.531. The Hall–Kier alpha value is -1.53. The van der Waals surface area contributed by atoms with Gasteiger partial charge in [0.2, 0.25) is 0 Å². The second-order valence-electron chi connectivity index (χ2n) is 7.37. The summed E-state index contributed by atoms with van der Waals surface area (Å²) in [4.78, 5) is 5.12. The van der Waals surface area contributed by atoms with Crippen LogP contribution in [0.2, 0.25) is 0 Å². The third-order valence-corrected chi connectivity index (χ3v) is 6.77. The molecule has 2 heterocycles. The summed E-state index contributed by atoms with van der Waals surface area (Å²) >= 11 is 2.08. The minimum absolute atomic E-state index is 0.0989. The van der Waals surface area contributed by atoms with E-state index in [1.807, 2.05) is 6.07 Å². The third-order valence-electron chi connectivity index (χ3n) is 5.52. The van der Waals surface area contributed by atoms with Crippen molar-refractivity contribution in [3.8, 4) is 0 Å². The Morgan fingerprint density at radius 3 is 2.63 bits per heavy atom. The normalized spacial score (nSPS) is 22.6. The highest BCUT2D eigenvalue weighted by atomic mass is 32.2. The largest absolute Gasteiger partial charge is 0.379 e. The summed E-state index contributed by atoms with van der Waals surface area (Å²) in [7, 11) is 0. The predicted molar refractivity (Wildman–Crippen MR) is 115 cm³/mol. The van der Waals surface area contributed by atoms with Crippen molar-refractivity contribution < 1.29 is 4.74 Å². The van der Waals surface area contributed by atoms with E-state index in [0.29, 0.717) is 5.37 Å². The Labute approximate surface area is 166 Å². The molecule has 2 saturated heterocycles. The number of anilines is 1. The van der Waals surface area contributed by atoms with E-state index >= 15 is 0 Å². The van der Waals surface area contributed by atoms with Crippen LogP contribution in [0.15, 0.2) is 48.5 Å². The molecule has 0 radical (unpaired) electrons. The second-order valence-corrected chi connectivity index (χ2v) is 8.66. The summed E-state index contributed by atoms with van der Waals surface area (Å²) in [5.74, 6) is 1.15. The van der Waals surface area contributed by atoms with Gasteiger partial charge < -0.3 is 15.4 Å². The molecule has 0 amide bonds. The SMILES string of the molecule is Cc1ccc(C(N)c2ccccc2)c(N2CCSC(N3CCOCC3)C2)c1. The number of thioether (sulfide) groups is 1. The van der Waals surface area contributed by atoms with E-state index in [4.69, 9.17) is 10.5 Å². The second kappa shape index (κ2) is 8.65. The summed E-state index contributed by atoms with van der Waals surface area (Å²) in [6.45, 7) is 8.06. The first-order valence-corrected chi connectivity index (χ1v) is 10.9. The van der Waals surface area contributed by atoms with Gasteiger partial charge in [-0.1, -0.05) is 42.5 Å². The maximum atomic E-state index is 6.69. The van der Waals surface area contributed by atoms with E-state index in [9.17, 15) is 0 Å². The number of hydrogen-bond acceptors (Lipinski definition) is 5. The third kappa shape index (κ3) is 4.32. The lowest BCUT2D eigenvalue weighted by atomic mass is 9.96. The van der Waals surface area contributed by atoms with Crippen molar-refractivity contribution in [3.63, 3.8) is 0 Å². The highest BCUT2D eigenvalue weighted by molar-refractivity contribution is 7.99. The fourth-order valence-electron chi connectivity index (χ4n) is 3.97. The molecule has 2 N–H and O–H groups in total. The Morgan fingerprint density at radius 1 is 1.07 bits per heavy atom. The smallest absolute Gasteiger partial charge is 0.0737 e. The minimum atomic E-state index is -0.0989. The van der Waals surface area contributed by atoms with Crippen LogP contribution in [0.4, 0.5) is 5.69 Å². The summed E-state index contributed by atoms with van der Waals surface area (Å²) in [5.41, 5.74) is 11.7. The lowest BCUT2D eigenvalue weighted by Crippen LogP contribution is -2.50. The van der Waals surface area contributed by atoms with Crippen molar-refractivity contribution >= 4 is 17.4 Å². The zero-order valence-electron chi connectivity index (χ0n) is 16.0. The first-order valence-electron chi connectivity index (χ1n) is 9.82. The molecule has 5 heteroatoms. The summed E-state index contributed by atoms with van der Waals surface area (Å²) in [6, 6.07) is 17.0. The number of nitrogens with two attached hydrogens (primary N) is 1. The quantitative estimate of drug-likeness (QED) is 0.878. The number of rotatable bonds is 4. The molecule has 0 spiro atoms. The van der Waals surface area contributed by atoms with Gasteiger partial charge >= 0.3 is 0 Å². The van der Waals surface area contributed by atoms with Crippen molar-refractivity contribution in [2.45, 2.75) is 18.3 Å². The van der Waals surface area contributed by atoms with E-state index < -0.39 is 0 Å². The lowest BCUT2D eigenvalue weighted by molar-refractivity contribution is 0.0332. The van der Waals surface area contributed by atoms with Crippen molar-refractivity contribution in [2.75, 3.05) is 50.0 Å². The molecule has 2 aliphatic heterocycles. The fraction of sp³-hybridized carbons (Fsp3) is 0.455. The minimum Gasteiger partial charge on any atom is -0.379 e. The van der Waals surface area contributed by atoms with Crippen molar-refractivity contribution in [1.29, 1.82) is 0 Å². The molecule has 0 saturated carbocycles. The highest BCUT2D eigenvalue weighted by Crippen LogP contribution is 2.34. The van der Waals surface area contributed by atoms with Crippen LogP contribution in [0.3, 0.4) is 0 Å². The van der Waals surface area contributed by atoms with Gasteiger partial charge in [0.1, 0.15) is 0 Å². The fourth-order valence-corrected chi connectivity index (χ4v) is 5.27. The number of ether oxygens (including phenoxy) is 1. The Kier molecular flexibility index (Phi) is 6.03. The zero-order chi connectivity index (χ0) is 18.6. The molecule has 2 atom stereocenters. The van der Waals surface area contributed by atoms with Gasteiger partial charge in [0.25, 0.3) is 0 Å². The number of hydrogen-bond donors (Lipinski definition) is 1. The highest BCUT2D eigenvalue weighted by Gasteiger charge is 2.29. The van der Waals surface area contributed by atoms with E-state index in [-0.39, 0.29) is 6.04 Å². The number of nitrogens with zero attached hydrogens (tertiary/aromatic N) is 2. The van der Waals surface area contributed by atoms with Crippen molar-refractivity contribution in [3.05, 3.63) is 65.2 Å². The van der Waals surface area contributed by atoms with Crippen LogP contribution in [-0.4, -0.2) is 55.4 Å². The van der Waals surface area contributed by atoms with Crippen LogP contribution in [-0.2, 0) is 4.74 Å². The van der Waals surface area contributed by atoms with Crippen molar-refractivity contribution in [1.82, 2.24) is 4.90 Å². The van der Waals surface area contributed by atoms with E-state index in [2.05, 4.69) is 71.0 Å². The maximum absolute atomic E-state index is 6.69. The standard InChI is InChI=1S/C22H29N3OS/c1-17-7-8-19(22(23)18-5-3-2-4-6-18)20(15-17)25-11-14-27-21(16-25)24-9-12-26-13-10-24/h2-8,15,21-22H,9-14,16,23H2,1H3. The van der Waals surface area contributed by atoms with Gasteiger partial charge in [-0.2, -0.15) is 0 Å².